The molecule has 0 spiro atoms. The van der Waals surface area contributed by atoms with Gasteiger partial charge < -0.3 is 10.2 Å². The van der Waals surface area contributed by atoms with Crippen LogP contribution in [0.5, 0.6) is 0 Å². The van der Waals surface area contributed by atoms with Gasteiger partial charge in [0.1, 0.15) is 0 Å². The van der Waals surface area contributed by atoms with Crippen LogP contribution >= 0.6 is 35.4 Å². The molecule has 1 heterocycles. The highest BCUT2D eigenvalue weighted by molar-refractivity contribution is 7.80. The Hall–Kier alpha value is -1.33. The van der Waals surface area contributed by atoms with Crippen LogP contribution in [0.25, 0.3) is 0 Å². The molecular weight excluding hydrogens is 385 g/mol. The van der Waals surface area contributed by atoms with Crippen LogP contribution in [0.15, 0.2) is 48.5 Å². The van der Waals surface area contributed by atoms with E-state index in [2.05, 4.69) is 39.4 Å². The first kappa shape index (κ1) is 19.4. The summed E-state index contributed by atoms with van der Waals surface area (Å²) in [4.78, 5) is 4.65. The van der Waals surface area contributed by atoms with E-state index in [4.69, 9.17) is 35.4 Å². The van der Waals surface area contributed by atoms with Crippen molar-refractivity contribution < 1.29 is 0 Å². The number of thiocarbonyl (C=S) groups is 1. The third kappa shape index (κ3) is 5.58. The van der Waals surface area contributed by atoms with Gasteiger partial charge in [-0.2, -0.15) is 0 Å². The number of rotatable bonds is 5. The van der Waals surface area contributed by atoms with Crippen molar-refractivity contribution in [1.29, 1.82) is 0 Å². The van der Waals surface area contributed by atoms with Gasteiger partial charge in [0.15, 0.2) is 5.11 Å². The third-order valence-electron chi connectivity index (χ3n) is 4.60. The molecule has 3 nitrogen and oxygen atoms in total. The normalized spacial score (nSPS) is 15.1. The molecule has 0 saturated carbocycles. The maximum Gasteiger partial charge on any atom is 0.169 e. The predicted octanol–water partition coefficient (Wildman–Crippen LogP) is 4.23. The lowest BCUT2D eigenvalue weighted by molar-refractivity contribution is 0.174. The Morgan fingerprint density at radius 1 is 1.00 bits per heavy atom. The van der Waals surface area contributed by atoms with Crippen LogP contribution < -0.4 is 5.32 Å². The zero-order valence-corrected chi connectivity index (χ0v) is 17.0. The van der Waals surface area contributed by atoms with E-state index in [1.807, 2.05) is 18.2 Å². The van der Waals surface area contributed by atoms with Gasteiger partial charge >= 0.3 is 0 Å². The maximum atomic E-state index is 6.28. The lowest BCUT2D eigenvalue weighted by Gasteiger charge is -2.36. The quantitative estimate of drug-likeness (QED) is 0.747. The largest absolute Gasteiger partial charge is 0.362 e. The zero-order chi connectivity index (χ0) is 18.4. The fourth-order valence-electron chi connectivity index (χ4n) is 3.07. The molecule has 6 heteroatoms. The van der Waals surface area contributed by atoms with Gasteiger partial charge in [0.05, 0.1) is 0 Å². The second-order valence-corrected chi connectivity index (χ2v) is 7.70. The molecule has 1 fully saturated rings. The Balaban J connectivity index is 1.40. The van der Waals surface area contributed by atoms with Crippen molar-refractivity contribution >= 4 is 40.5 Å². The van der Waals surface area contributed by atoms with Crippen molar-refractivity contribution in [3.05, 3.63) is 69.7 Å². The first-order valence-corrected chi connectivity index (χ1v) is 10.0. The Morgan fingerprint density at radius 2 is 1.73 bits per heavy atom. The summed E-state index contributed by atoms with van der Waals surface area (Å²) in [6.07, 6.45) is 0.982. The molecule has 0 atom stereocenters. The SMILES string of the molecule is S=C(NCCc1ccccc1)N1CCN(Cc2ccc(Cl)cc2Cl)CC1. The van der Waals surface area contributed by atoms with Crippen molar-refractivity contribution in [3.63, 3.8) is 0 Å². The fourth-order valence-corrected chi connectivity index (χ4v) is 3.82. The highest BCUT2D eigenvalue weighted by atomic mass is 35.5. The van der Waals surface area contributed by atoms with Crippen molar-refractivity contribution in [1.82, 2.24) is 15.1 Å². The maximum absolute atomic E-state index is 6.28. The van der Waals surface area contributed by atoms with E-state index in [0.29, 0.717) is 5.02 Å². The highest BCUT2D eigenvalue weighted by Crippen LogP contribution is 2.22. The zero-order valence-electron chi connectivity index (χ0n) is 14.6. The van der Waals surface area contributed by atoms with E-state index >= 15 is 0 Å². The fraction of sp³-hybridized carbons (Fsp3) is 0.350. The molecule has 138 valence electrons. The van der Waals surface area contributed by atoms with Gasteiger partial charge in [0.25, 0.3) is 0 Å². The minimum atomic E-state index is 0.676. The summed E-state index contributed by atoms with van der Waals surface area (Å²) in [6.45, 7) is 5.52. The third-order valence-corrected chi connectivity index (χ3v) is 5.59. The molecular formula is C20H23Cl2N3S. The van der Waals surface area contributed by atoms with Gasteiger partial charge in [-0.1, -0.05) is 59.6 Å². The van der Waals surface area contributed by atoms with Crippen molar-refractivity contribution in [2.24, 2.45) is 0 Å². The van der Waals surface area contributed by atoms with Crippen molar-refractivity contribution in [3.8, 4) is 0 Å². The molecule has 0 amide bonds. The van der Waals surface area contributed by atoms with E-state index in [1.165, 1.54) is 5.56 Å². The number of halogens is 2. The minimum absolute atomic E-state index is 0.676. The second-order valence-electron chi connectivity index (χ2n) is 6.47. The number of nitrogens with one attached hydrogen (secondary N) is 1. The van der Waals surface area contributed by atoms with E-state index in [0.717, 1.165) is 61.4 Å². The molecule has 1 aliphatic rings. The molecule has 1 aliphatic heterocycles. The highest BCUT2D eigenvalue weighted by Gasteiger charge is 2.19. The van der Waals surface area contributed by atoms with Gasteiger partial charge in [0, 0.05) is 49.3 Å². The van der Waals surface area contributed by atoms with E-state index in [9.17, 15) is 0 Å². The number of benzene rings is 2. The predicted molar refractivity (Wildman–Crippen MR) is 114 cm³/mol. The standard InChI is InChI=1S/C20H23Cl2N3S/c21-18-7-6-17(19(22)14-18)15-24-10-12-25(13-11-24)20(26)23-9-8-16-4-2-1-3-5-16/h1-7,14H,8-13,15H2,(H,23,26). The Morgan fingerprint density at radius 3 is 2.42 bits per heavy atom. The summed E-state index contributed by atoms with van der Waals surface area (Å²) in [5, 5.41) is 5.65. The smallest absolute Gasteiger partial charge is 0.169 e. The number of hydrogen-bond donors (Lipinski definition) is 1. The van der Waals surface area contributed by atoms with E-state index in [-0.39, 0.29) is 0 Å². The molecule has 0 bridgehead atoms. The molecule has 1 saturated heterocycles. The molecule has 0 unspecified atom stereocenters. The summed E-state index contributed by atoms with van der Waals surface area (Å²) in [6, 6.07) is 16.2. The first-order chi connectivity index (χ1) is 12.6. The van der Waals surface area contributed by atoms with Gasteiger partial charge in [-0.3, -0.25) is 4.90 Å². The lowest BCUT2D eigenvalue weighted by atomic mass is 10.1. The molecule has 1 N–H and O–H groups in total. The van der Waals surface area contributed by atoms with Crippen LogP contribution in [0.4, 0.5) is 0 Å². The van der Waals surface area contributed by atoms with Gasteiger partial charge in [-0.05, 0) is 41.9 Å². The van der Waals surface area contributed by atoms with E-state index in [1.54, 1.807) is 6.07 Å². The van der Waals surface area contributed by atoms with Crippen LogP contribution in [0, 0.1) is 0 Å². The van der Waals surface area contributed by atoms with Crippen molar-refractivity contribution in [2.45, 2.75) is 13.0 Å². The average molecular weight is 408 g/mol. The Labute approximate surface area is 170 Å². The first-order valence-electron chi connectivity index (χ1n) is 8.85. The van der Waals surface area contributed by atoms with Gasteiger partial charge in [0.2, 0.25) is 0 Å². The Bertz CT molecular complexity index is 731. The summed E-state index contributed by atoms with van der Waals surface area (Å²) in [5.41, 5.74) is 2.44. The molecule has 0 radical (unpaired) electrons. The van der Waals surface area contributed by atoms with Crippen LogP contribution in [0.3, 0.4) is 0 Å². The van der Waals surface area contributed by atoms with Gasteiger partial charge in [-0.25, -0.2) is 0 Å². The van der Waals surface area contributed by atoms with Crippen LogP contribution in [-0.2, 0) is 13.0 Å². The second kappa shape index (κ2) is 9.56. The molecule has 0 aromatic heterocycles. The van der Waals surface area contributed by atoms with Crippen LogP contribution in [-0.4, -0.2) is 47.6 Å². The number of piperazine rings is 1. The topological polar surface area (TPSA) is 18.5 Å². The summed E-state index contributed by atoms with van der Waals surface area (Å²) in [7, 11) is 0. The van der Waals surface area contributed by atoms with Crippen LogP contribution in [0.1, 0.15) is 11.1 Å². The molecule has 0 aliphatic carbocycles. The lowest BCUT2D eigenvalue weighted by Crippen LogP contribution is -2.51. The summed E-state index contributed by atoms with van der Waals surface area (Å²) >= 11 is 17.8. The Kier molecular flexibility index (Phi) is 7.15. The van der Waals surface area contributed by atoms with Gasteiger partial charge in [-0.15, -0.1) is 0 Å². The number of nitrogens with zero attached hydrogens (tertiary/aromatic N) is 2. The molecule has 2 aromatic carbocycles. The number of hydrogen-bond acceptors (Lipinski definition) is 2. The molecule has 3 rings (SSSR count). The minimum Gasteiger partial charge on any atom is -0.362 e. The monoisotopic (exact) mass is 407 g/mol. The summed E-state index contributed by atoms with van der Waals surface area (Å²) in [5.74, 6) is 0. The van der Waals surface area contributed by atoms with Crippen molar-refractivity contribution in [2.75, 3.05) is 32.7 Å². The van der Waals surface area contributed by atoms with E-state index < -0.39 is 0 Å². The average Bonchev–Trinajstić information content (AvgIpc) is 2.65. The molecule has 2 aromatic rings. The summed E-state index contributed by atoms with van der Waals surface area (Å²) < 4.78 is 0. The van der Waals surface area contributed by atoms with Crippen LogP contribution in [0.2, 0.25) is 10.0 Å². The molecule has 26 heavy (non-hydrogen) atoms.